The maximum absolute atomic E-state index is 14.1. The van der Waals surface area contributed by atoms with Gasteiger partial charge in [-0.1, -0.05) is 11.2 Å². The summed E-state index contributed by atoms with van der Waals surface area (Å²) >= 11 is 0. The van der Waals surface area contributed by atoms with Crippen LogP contribution in [0.15, 0.2) is 41.6 Å². The average molecular weight is 370 g/mol. The molecule has 0 fully saturated rings. The number of azide groups is 1. The van der Waals surface area contributed by atoms with E-state index in [-0.39, 0.29) is 18.5 Å². The number of hydrogen-bond acceptors (Lipinski definition) is 4. The second-order valence-electron chi connectivity index (χ2n) is 5.75. The molecule has 0 saturated heterocycles. The molecule has 0 aliphatic carbocycles. The largest absolute Gasteiger partial charge is 0.493 e. The van der Waals surface area contributed by atoms with E-state index in [1.165, 1.54) is 38.6 Å². The predicted molar refractivity (Wildman–Crippen MR) is 96.9 cm³/mol. The first-order valence-electron chi connectivity index (χ1n) is 8.05. The standard InChI is InChI=1S/C19H16F2N4O2/c1-26-18-7-12-11(10-24-25-22)9-23-17(13(12)8-19(18)27-2)6-14-15(20)4-3-5-16(14)21/h3-5,7-9H,6,10H2,1-2H3. The topological polar surface area (TPSA) is 80.1 Å². The zero-order valence-corrected chi connectivity index (χ0v) is 14.7. The van der Waals surface area contributed by atoms with Crippen LogP contribution < -0.4 is 9.47 Å². The first kappa shape index (κ1) is 18.4. The molecule has 3 rings (SSSR count). The number of ether oxygens (including phenoxy) is 2. The van der Waals surface area contributed by atoms with Gasteiger partial charge in [0, 0.05) is 28.5 Å². The number of nitrogens with zero attached hydrogens (tertiary/aromatic N) is 4. The minimum absolute atomic E-state index is 0.0354. The number of rotatable bonds is 6. The van der Waals surface area contributed by atoms with Crippen LogP contribution in [0.1, 0.15) is 16.8 Å². The fraction of sp³-hybridized carbons (Fsp3) is 0.211. The minimum atomic E-state index is -0.636. The van der Waals surface area contributed by atoms with Crippen LogP contribution in [0, 0.1) is 11.6 Å². The highest BCUT2D eigenvalue weighted by Gasteiger charge is 2.16. The molecular weight excluding hydrogens is 354 g/mol. The van der Waals surface area contributed by atoms with Crippen molar-refractivity contribution in [1.82, 2.24) is 4.98 Å². The molecule has 27 heavy (non-hydrogen) atoms. The molecule has 2 aromatic carbocycles. The van der Waals surface area contributed by atoms with Crippen LogP contribution in [-0.4, -0.2) is 19.2 Å². The summed E-state index contributed by atoms with van der Waals surface area (Å²) in [5.41, 5.74) is 9.68. The lowest BCUT2D eigenvalue weighted by molar-refractivity contribution is 0.356. The van der Waals surface area contributed by atoms with Crippen LogP contribution >= 0.6 is 0 Å². The summed E-state index contributed by atoms with van der Waals surface area (Å²) in [6.07, 6.45) is 1.50. The Hall–Kier alpha value is -3.38. The summed E-state index contributed by atoms with van der Waals surface area (Å²) < 4.78 is 38.8. The van der Waals surface area contributed by atoms with Gasteiger partial charge < -0.3 is 9.47 Å². The quantitative estimate of drug-likeness (QED) is 0.350. The van der Waals surface area contributed by atoms with E-state index < -0.39 is 11.6 Å². The summed E-state index contributed by atoms with van der Waals surface area (Å²) in [6.45, 7) is 0.0871. The highest BCUT2D eigenvalue weighted by molar-refractivity contribution is 5.90. The van der Waals surface area contributed by atoms with Gasteiger partial charge in [0.05, 0.1) is 26.5 Å². The molecule has 138 valence electrons. The number of hydrogen-bond donors (Lipinski definition) is 0. The molecule has 0 radical (unpaired) electrons. The Bertz CT molecular complexity index is 1030. The first-order chi connectivity index (χ1) is 13.1. The molecule has 0 atom stereocenters. The normalized spacial score (nSPS) is 10.5. The summed E-state index contributed by atoms with van der Waals surface area (Å²) in [5, 5.41) is 4.93. The Morgan fingerprint density at radius 3 is 2.30 bits per heavy atom. The molecule has 3 aromatic rings. The molecule has 0 aliphatic heterocycles. The van der Waals surface area contributed by atoms with Crippen molar-refractivity contribution >= 4 is 10.8 Å². The van der Waals surface area contributed by atoms with Crippen LogP contribution in [0.5, 0.6) is 11.5 Å². The molecule has 1 heterocycles. The molecule has 0 aliphatic rings. The highest BCUT2D eigenvalue weighted by Crippen LogP contribution is 2.35. The van der Waals surface area contributed by atoms with Crippen molar-refractivity contribution in [2.45, 2.75) is 13.0 Å². The Balaban J connectivity index is 2.22. The van der Waals surface area contributed by atoms with Crippen LogP contribution in [0.3, 0.4) is 0 Å². The highest BCUT2D eigenvalue weighted by atomic mass is 19.1. The minimum Gasteiger partial charge on any atom is -0.493 e. The van der Waals surface area contributed by atoms with Gasteiger partial charge >= 0.3 is 0 Å². The number of methoxy groups -OCH3 is 2. The Labute approximate surface area is 154 Å². The molecule has 1 aromatic heterocycles. The van der Waals surface area contributed by atoms with Gasteiger partial charge in [-0.2, -0.15) is 0 Å². The molecule has 0 spiro atoms. The second kappa shape index (κ2) is 7.88. The summed E-state index contributed by atoms with van der Waals surface area (Å²) in [6, 6.07) is 7.17. The van der Waals surface area contributed by atoms with E-state index in [0.717, 1.165) is 0 Å². The molecule has 8 heteroatoms. The summed E-state index contributed by atoms with van der Waals surface area (Å²) in [4.78, 5) is 7.12. The van der Waals surface area contributed by atoms with Crippen molar-refractivity contribution in [2.75, 3.05) is 14.2 Å². The third-order valence-corrected chi connectivity index (χ3v) is 4.27. The number of pyridine rings is 1. The fourth-order valence-corrected chi connectivity index (χ4v) is 2.92. The van der Waals surface area contributed by atoms with Gasteiger partial charge in [-0.05, 0) is 40.7 Å². The molecule has 0 bridgehead atoms. The summed E-state index contributed by atoms with van der Waals surface area (Å²) in [7, 11) is 3.00. The Morgan fingerprint density at radius 2 is 1.70 bits per heavy atom. The lowest BCUT2D eigenvalue weighted by Crippen LogP contribution is -2.02. The van der Waals surface area contributed by atoms with Gasteiger partial charge in [-0.25, -0.2) is 8.78 Å². The van der Waals surface area contributed by atoms with Gasteiger partial charge in [0.2, 0.25) is 0 Å². The van der Waals surface area contributed by atoms with E-state index in [0.29, 0.717) is 33.5 Å². The van der Waals surface area contributed by atoms with Crippen molar-refractivity contribution in [2.24, 2.45) is 5.11 Å². The van der Waals surface area contributed by atoms with E-state index in [4.69, 9.17) is 15.0 Å². The van der Waals surface area contributed by atoms with Crippen LogP contribution in [-0.2, 0) is 13.0 Å². The average Bonchev–Trinajstić information content (AvgIpc) is 2.68. The van der Waals surface area contributed by atoms with E-state index in [1.807, 2.05) is 0 Å². The van der Waals surface area contributed by atoms with Gasteiger partial charge in [0.1, 0.15) is 11.6 Å². The fourth-order valence-electron chi connectivity index (χ4n) is 2.92. The summed E-state index contributed by atoms with van der Waals surface area (Å²) in [5.74, 6) is -0.323. The lowest BCUT2D eigenvalue weighted by atomic mass is 9.99. The molecule has 0 amide bonds. The Kier molecular flexibility index (Phi) is 5.38. The monoisotopic (exact) mass is 370 g/mol. The van der Waals surface area contributed by atoms with E-state index >= 15 is 0 Å². The molecular formula is C19H16F2N4O2. The third kappa shape index (κ3) is 3.61. The van der Waals surface area contributed by atoms with E-state index in [9.17, 15) is 8.78 Å². The smallest absolute Gasteiger partial charge is 0.161 e. The molecule has 0 unspecified atom stereocenters. The zero-order valence-electron chi connectivity index (χ0n) is 14.7. The van der Waals surface area contributed by atoms with Crippen LogP contribution in [0.2, 0.25) is 0 Å². The number of aromatic nitrogens is 1. The molecule has 0 saturated carbocycles. The number of benzene rings is 2. The van der Waals surface area contributed by atoms with Crippen molar-refractivity contribution in [3.8, 4) is 11.5 Å². The molecule has 0 N–H and O–H groups in total. The van der Waals surface area contributed by atoms with Gasteiger partial charge in [-0.15, -0.1) is 0 Å². The Morgan fingerprint density at radius 1 is 1.07 bits per heavy atom. The third-order valence-electron chi connectivity index (χ3n) is 4.27. The number of fused-ring (bicyclic) bond motifs is 1. The van der Waals surface area contributed by atoms with Crippen molar-refractivity contribution in [3.63, 3.8) is 0 Å². The lowest BCUT2D eigenvalue weighted by Gasteiger charge is -2.14. The van der Waals surface area contributed by atoms with Crippen molar-refractivity contribution < 1.29 is 18.3 Å². The maximum atomic E-state index is 14.1. The maximum Gasteiger partial charge on any atom is 0.161 e. The van der Waals surface area contributed by atoms with Crippen molar-refractivity contribution in [1.29, 1.82) is 0 Å². The van der Waals surface area contributed by atoms with Crippen LogP contribution in [0.4, 0.5) is 8.78 Å². The predicted octanol–water partition coefficient (Wildman–Crippen LogP) is 4.93. The van der Waals surface area contributed by atoms with Gasteiger partial charge in [0.25, 0.3) is 0 Å². The van der Waals surface area contributed by atoms with Gasteiger partial charge in [-0.3, -0.25) is 4.98 Å². The first-order valence-corrected chi connectivity index (χ1v) is 8.05. The van der Waals surface area contributed by atoms with E-state index in [1.54, 1.807) is 12.1 Å². The zero-order chi connectivity index (χ0) is 19.4. The van der Waals surface area contributed by atoms with E-state index in [2.05, 4.69) is 15.0 Å². The van der Waals surface area contributed by atoms with Crippen LogP contribution in [0.25, 0.3) is 21.2 Å². The van der Waals surface area contributed by atoms with Gasteiger partial charge in [0.15, 0.2) is 11.5 Å². The van der Waals surface area contributed by atoms with Crippen molar-refractivity contribution in [3.05, 3.63) is 75.4 Å². The SMILES string of the molecule is COc1cc2c(CN=[N+]=[N-])cnc(Cc3c(F)cccc3F)c2cc1OC. The number of halogens is 2. The second-order valence-corrected chi connectivity index (χ2v) is 5.75. The molecule has 6 nitrogen and oxygen atoms in total.